The summed E-state index contributed by atoms with van der Waals surface area (Å²) in [6.45, 7) is 7.04. The molecule has 0 saturated carbocycles. The van der Waals surface area contributed by atoms with E-state index in [1.54, 1.807) is 0 Å². The van der Waals surface area contributed by atoms with E-state index in [1.807, 2.05) is 49.8 Å². The minimum absolute atomic E-state index is 0.0275. The second kappa shape index (κ2) is 8.67. The molecule has 158 valence electrons. The number of rotatable bonds is 7. The van der Waals surface area contributed by atoms with E-state index in [0.29, 0.717) is 19.5 Å². The van der Waals surface area contributed by atoms with Crippen molar-refractivity contribution in [2.75, 3.05) is 30.4 Å². The maximum atomic E-state index is 12.4. The van der Waals surface area contributed by atoms with Crippen LogP contribution < -0.4 is 10.2 Å². The number of amides is 1. The molecule has 1 aliphatic rings. The van der Waals surface area contributed by atoms with Crippen LogP contribution in [0.3, 0.4) is 0 Å². The molecule has 2 heterocycles. The van der Waals surface area contributed by atoms with E-state index in [9.17, 15) is 13.2 Å². The Kier molecular flexibility index (Phi) is 6.43. The van der Waals surface area contributed by atoms with Gasteiger partial charge in [-0.25, -0.2) is 8.42 Å². The molecule has 1 aromatic carbocycles. The summed E-state index contributed by atoms with van der Waals surface area (Å²) >= 11 is 0. The van der Waals surface area contributed by atoms with Crippen molar-refractivity contribution in [3.05, 3.63) is 46.8 Å². The fourth-order valence-corrected chi connectivity index (χ4v) is 5.68. The molecule has 0 radical (unpaired) electrons. The molecule has 0 spiro atoms. The smallest absolute Gasteiger partial charge is 0.279 e. The number of carbonyl (C=O) groups excluding carboxylic acids is 1. The maximum absolute atomic E-state index is 12.4. The fourth-order valence-electron chi connectivity index (χ4n) is 3.99. The molecule has 2 atom stereocenters. The van der Waals surface area contributed by atoms with Gasteiger partial charge in [0.25, 0.3) is 5.91 Å². The molecule has 0 aliphatic carbocycles. The van der Waals surface area contributed by atoms with Gasteiger partial charge in [0.2, 0.25) is 0 Å². The highest BCUT2D eigenvalue weighted by Crippen LogP contribution is 2.26. The van der Waals surface area contributed by atoms with Crippen LogP contribution in [0.4, 0.5) is 5.69 Å². The third-order valence-corrected chi connectivity index (χ3v) is 7.34. The highest BCUT2D eigenvalue weighted by atomic mass is 32.2. The van der Waals surface area contributed by atoms with Gasteiger partial charge in [0, 0.05) is 11.4 Å². The Hall–Kier alpha value is -2.19. The average molecular weight is 420 g/mol. The van der Waals surface area contributed by atoms with Crippen LogP contribution in [0.1, 0.15) is 41.9 Å². The van der Waals surface area contributed by atoms with Crippen LogP contribution >= 0.6 is 0 Å². The van der Waals surface area contributed by atoms with Crippen molar-refractivity contribution in [3.8, 4) is 0 Å². The summed E-state index contributed by atoms with van der Waals surface area (Å²) in [4.78, 5) is 13.5. The lowest BCUT2D eigenvalue weighted by molar-refractivity contribution is -0.885. The first-order valence-electron chi connectivity index (χ1n) is 10.1. The van der Waals surface area contributed by atoms with E-state index in [1.165, 1.54) is 5.56 Å². The van der Waals surface area contributed by atoms with Gasteiger partial charge in [0.15, 0.2) is 16.4 Å². The lowest BCUT2D eigenvalue weighted by atomic mass is 10.1. The summed E-state index contributed by atoms with van der Waals surface area (Å²) in [5.41, 5.74) is 5.01. The number of aryl methyl sites for hydroxylation is 2. The molecule has 1 amide bonds. The molecule has 7 nitrogen and oxygen atoms in total. The summed E-state index contributed by atoms with van der Waals surface area (Å²) in [5.74, 6) is 0.368. The first-order chi connectivity index (χ1) is 13.7. The number of carbonyl (C=O) groups is 1. The third-order valence-electron chi connectivity index (χ3n) is 5.59. The quantitative estimate of drug-likeness (QED) is 0.703. The Morgan fingerprint density at radius 3 is 2.76 bits per heavy atom. The van der Waals surface area contributed by atoms with Crippen LogP contribution in [0.2, 0.25) is 0 Å². The zero-order valence-corrected chi connectivity index (χ0v) is 18.5. The van der Waals surface area contributed by atoms with Crippen LogP contribution in [-0.4, -0.2) is 49.2 Å². The Morgan fingerprint density at radius 1 is 1.34 bits per heavy atom. The zero-order valence-electron chi connectivity index (χ0n) is 17.7. The number of anilines is 1. The van der Waals surface area contributed by atoms with E-state index in [4.69, 9.17) is 0 Å². The summed E-state index contributed by atoms with van der Waals surface area (Å²) in [6.07, 6.45) is 1.55. The largest absolute Gasteiger partial charge is 0.326 e. The topological polar surface area (TPSA) is 85.5 Å². The molecule has 1 unspecified atom stereocenters. The Balaban J connectivity index is 1.63. The van der Waals surface area contributed by atoms with Gasteiger partial charge >= 0.3 is 0 Å². The van der Waals surface area contributed by atoms with E-state index in [-0.39, 0.29) is 23.5 Å². The van der Waals surface area contributed by atoms with Crippen molar-refractivity contribution in [3.63, 3.8) is 0 Å². The zero-order chi connectivity index (χ0) is 21.2. The summed E-state index contributed by atoms with van der Waals surface area (Å²) in [6, 6.07) is 7.82. The van der Waals surface area contributed by atoms with Gasteiger partial charge in [-0.1, -0.05) is 19.1 Å². The Labute approximate surface area is 173 Å². The minimum Gasteiger partial charge on any atom is -0.326 e. The molecule has 1 saturated heterocycles. The molecule has 2 aromatic rings. The number of nitrogens with zero attached hydrogens (tertiary/aromatic N) is 2. The van der Waals surface area contributed by atoms with Gasteiger partial charge in [-0.05, 0) is 44.4 Å². The van der Waals surface area contributed by atoms with Gasteiger partial charge in [-0.3, -0.25) is 9.48 Å². The predicted molar refractivity (Wildman–Crippen MR) is 114 cm³/mol. The molecule has 1 fully saturated rings. The van der Waals surface area contributed by atoms with Crippen molar-refractivity contribution in [1.82, 2.24) is 9.78 Å². The number of likely N-dealkylation sites (N-methyl/N-ethyl adjacent to an activating group) is 1. The highest BCUT2D eigenvalue weighted by Gasteiger charge is 2.31. The van der Waals surface area contributed by atoms with Gasteiger partial charge in [0.1, 0.15) is 6.54 Å². The molecule has 1 aliphatic heterocycles. The fraction of sp³-hybridized carbons (Fsp3) is 0.524. The second-order valence-corrected chi connectivity index (χ2v) is 10.3. The number of quaternary nitrogens is 1. The molecule has 1 aromatic heterocycles. The SMILES string of the molecule is CCc1cccc(NC(=O)C[NH+](C)Cc2c(C)nn([C@@H]3CCS(=O)(=O)C3)c2C)c1. The van der Waals surface area contributed by atoms with Gasteiger partial charge in [-0.15, -0.1) is 0 Å². The van der Waals surface area contributed by atoms with Gasteiger partial charge < -0.3 is 10.2 Å². The lowest BCUT2D eigenvalue weighted by Crippen LogP contribution is -3.08. The summed E-state index contributed by atoms with van der Waals surface area (Å²) in [7, 11) is -0.972. The average Bonchev–Trinajstić information content (AvgIpc) is 3.15. The third kappa shape index (κ3) is 5.25. The molecule has 8 heteroatoms. The van der Waals surface area contributed by atoms with Crippen LogP contribution in [0.15, 0.2) is 24.3 Å². The van der Waals surface area contributed by atoms with Crippen LogP contribution in [-0.2, 0) is 27.6 Å². The van der Waals surface area contributed by atoms with Crippen molar-refractivity contribution >= 4 is 21.4 Å². The monoisotopic (exact) mass is 419 g/mol. The summed E-state index contributed by atoms with van der Waals surface area (Å²) < 4.78 is 25.5. The van der Waals surface area contributed by atoms with Gasteiger partial charge in [0.05, 0.1) is 35.9 Å². The summed E-state index contributed by atoms with van der Waals surface area (Å²) in [5, 5.41) is 7.59. The van der Waals surface area contributed by atoms with Crippen molar-refractivity contribution in [2.24, 2.45) is 0 Å². The maximum Gasteiger partial charge on any atom is 0.279 e. The van der Waals surface area contributed by atoms with Crippen LogP contribution in [0, 0.1) is 13.8 Å². The number of hydrogen-bond acceptors (Lipinski definition) is 4. The molecular weight excluding hydrogens is 388 g/mol. The molecule has 29 heavy (non-hydrogen) atoms. The first kappa shape index (κ1) is 21.5. The number of nitrogens with one attached hydrogen (secondary N) is 2. The highest BCUT2D eigenvalue weighted by molar-refractivity contribution is 7.91. The van der Waals surface area contributed by atoms with Crippen molar-refractivity contribution < 1.29 is 18.1 Å². The predicted octanol–water partition coefficient (Wildman–Crippen LogP) is 1.08. The standard InChI is InChI=1S/C21H30N4O3S/c1-5-17-7-6-8-18(11-17)22-21(26)13-24(4)12-20-15(2)23-25(16(20)3)19-9-10-29(27,28)14-19/h6-8,11,19H,5,9-10,12-14H2,1-4H3,(H,22,26)/p+1/t19-/m1/s1. The molecule has 3 rings (SSSR count). The first-order valence-corrected chi connectivity index (χ1v) is 12.0. The number of benzene rings is 1. The van der Waals surface area contributed by atoms with E-state index in [2.05, 4.69) is 17.3 Å². The minimum atomic E-state index is -2.96. The Morgan fingerprint density at radius 2 is 2.10 bits per heavy atom. The van der Waals surface area contributed by atoms with Crippen LogP contribution in [0.25, 0.3) is 0 Å². The Bertz CT molecular complexity index is 997. The normalized spacial score (nSPS) is 19.2. The van der Waals surface area contributed by atoms with E-state index >= 15 is 0 Å². The van der Waals surface area contributed by atoms with Crippen molar-refractivity contribution in [1.29, 1.82) is 0 Å². The second-order valence-electron chi connectivity index (χ2n) is 8.06. The molecule has 2 N–H and O–H groups in total. The molecular formula is C21H31N4O3S+. The van der Waals surface area contributed by atoms with Crippen molar-refractivity contribution in [2.45, 2.75) is 46.2 Å². The van der Waals surface area contributed by atoms with E-state index in [0.717, 1.165) is 34.0 Å². The van der Waals surface area contributed by atoms with Gasteiger partial charge in [-0.2, -0.15) is 5.10 Å². The number of aromatic nitrogens is 2. The number of sulfone groups is 1. The number of hydrogen-bond donors (Lipinski definition) is 2. The van der Waals surface area contributed by atoms with Crippen LogP contribution in [0.5, 0.6) is 0 Å². The van der Waals surface area contributed by atoms with E-state index < -0.39 is 9.84 Å². The lowest BCUT2D eigenvalue weighted by Gasteiger charge is -2.15. The molecule has 0 bridgehead atoms.